The van der Waals surface area contributed by atoms with E-state index >= 15 is 0 Å². The topological polar surface area (TPSA) is 58.2 Å². The Hall–Kier alpha value is -1.81. The van der Waals surface area contributed by atoms with Crippen LogP contribution in [0.1, 0.15) is 40.2 Å². The molecular formula is C22H15Cl4F5N2O2. The summed E-state index contributed by atoms with van der Waals surface area (Å²) in [6.07, 6.45) is -5.63. The second-order valence-corrected chi connectivity index (χ2v) is 10.8. The molecule has 2 saturated carbocycles. The Balaban J connectivity index is 1.49. The molecular weight excluding hydrogens is 561 g/mol. The van der Waals surface area contributed by atoms with E-state index in [1.165, 1.54) is 24.3 Å². The van der Waals surface area contributed by atoms with Crippen molar-refractivity contribution in [3.05, 3.63) is 63.1 Å². The number of carbonyl (C=O) groups excluding carboxylic acids is 2. The molecule has 13 heteroatoms. The zero-order valence-electron chi connectivity index (χ0n) is 17.3. The highest BCUT2D eigenvalue weighted by Gasteiger charge is 2.67. The Morgan fingerprint density at radius 2 is 1.66 bits per heavy atom. The third-order valence-corrected chi connectivity index (χ3v) is 7.33. The smallest absolute Gasteiger partial charge is 0.349 e. The standard InChI is InChI=1S/C22H15Cl4F5N2O2/c23-11-4-9(3-10(5-11)22(29,30)31)16-17(21(16,25)26)19(35)32-12-1-2-15(24)14(6-12)18(34)33-13-7-20(27,28)8-13/h1-6,13,16-17H,7-8H2,(H,32,35)(H,33,34)/t16-,17+/m0/s1. The maximum Gasteiger partial charge on any atom is 0.416 e. The summed E-state index contributed by atoms with van der Waals surface area (Å²) in [7, 11) is 0. The molecule has 0 aromatic heterocycles. The number of hydrogen-bond acceptors (Lipinski definition) is 2. The summed E-state index contributed by atoms with van der Waals surface area (Å²) in [6, 6.07) is 6.09. The van der Waals surface area contributed by atoms with E-state index in [-0.39, 0.29) is 26.9 Å². The van der Waals surface area contributed by atoms with Gasteiger partial charge in [0.2, 0.25) is 5.91 Å². The lowest BCUT2D eigenvalue weighted by Crippen LogP contribution is -2.50. The number of nitrogens with one attached hydrogen (secondary N) is 2. The van der Waals surface area contributed by atoms with Gasteiger partial charge < -0.3 is 10.6 Å². The van der Waals surface area contributed by atoms with Crippen LogP contribution in [0.15, 0.2) is 36.4 Å². The van der Waals surface area contributed by atoms with Gasteiger partial charge in [-0.15, -0.1) is 23.2 Å². The summed E-state index contributed by atoms with van der Waals surface area (Å²) in [5.41, 5.74) is -0.892. The Morgan fingerprint density at radius 1 is 1.00 bits per heavy atom. The number of hydrogen-bond donors (Lipinski definition) is 2. The van der Waals surface area contributed by atoms with E-state index in [0.717, 1.165) is 12.1 Å². The maximum absolute atomic E-state index is 13.2. The molecule has 2 aliphatic rings. The van der Waals surface area contributed by atoms with Crippen molar-refractivity contribution >= 4 is 63.9 Å². The molecule has 2 aromatic rings. The number of anilines is 1. The van der Waals surface area contributed by atoms with E-state index in [4.69, 9.17) is 46.4 Å². The molecule has 2 N–H and O–H groups in total. The average Bonchev–Trinajstić information content (AvgIpc) is 3.29. The molecule has 4 rings (SSSR count). The summed E-state index contributed by atoms with van der Waals surface area (Å²) >= 11 is 24.3. The van der Waals surface area contributed by atoms with Crippen molar-refractivity contribution in [2.45, 2.75) is 41.2 Å². The largest absolute Gasteiger partial charge is 0.416 e. The third-order valence-electron chi connectivity index (χ3n) is 5.85. The van der Waals surface area contributed by atoms with Crippen molar-refractivity contribution in [2.24, 2.45) is 5.92 Å². The molecule has 2 aliphatic carbocycles. The summed E-state index contributed by atoms with van der Waals surface area (Å²) in [5.74, 6) is -6.31. The minimum Gasteiger partial charge on any atom is -0.349 e. The number of halogens is 9. The third kappa shape index (κ3) is 5.48. The lowest BCUT2D eigenvalue weighted by Gasteiger charge is -2.35. The second kappa shape index (κ2) is 8.94. The molecule has 0 radical (unpaired) electrons. The van der Waals surface area contributed by atoms with Crippen LogP contribution < -0.4 is 10.6 Å². The van der Waals surface area contributed by atoms with Crippen LogP contribution >= 0.6 is 46.4 Å². The van der Waals surface area contributed by atoms with Gasteiger partial charge in [-0.05, 0) is 42.0 Å². The van der Waals surface area contributed by atoms with Crippen LogP contribution in [-0.4, -0.2) is 28.1 Å². The first kappa shape index (κ1) is 26.3. The van der Waals surface area contributed by atoms with Gasteiger partial charge in [0.05, 0.1) is 22.1 Å². The van der Waals surface area contributed by atoms with Crippen LogP contribution in [0.3, 0.4) is 0 Å². The quantitative estimate of drug-likeness (QED) is 0.296. The number of alkyl halides is 7. The van der Waals surface area contributed by atoms with Gasteiger partial charge >= 0.3 is 6.18 Å². The highest BCUT2D eigenvalue weighted by Crippen LogP contribution is 2.65. The average molecular weight is 576 g/mol. The lowest BCUT2D eigenvalue weighted by atomic mass is 9.88. The molecule has 0 spiro atoms. The van der Waals surface area contributed by atoms with Crippen molar-refractivity contribution in [2.75, 3.05) is 5.32 Å². The van der Waals surface area contributed by atoms with Gasteiger partial charge in [0.15, 0.2) is 0 Å². The Labute approximate surface area is 216 Å². The van der Waals surface area contributed by atoms with Crippen molar-refractivity contribution in [1.82, 2.24) is 5.32 Å². The predicted octanol–water partition coefficient (Wildman–Crippen LogP) is 7.07. The monoisotopic (exact) mass is 574 g/mol. The normalized spacial score (nSPS) is 22.8. The van der Waals surface area contributed by atoms with Crippen LogP contribution in [0.2, 0.25) is 10.0 Å². The number of benzene rings is 2. The second-order valence-electron chi connectivity index (χ2n) is 8.52. The molecule has 0 heterocycles. The summed E-state index contributed by atoms with van der Waals surface area (Å²) < 4.78 is 63.8. The van der Waals surface area contributed by atoms with Gasteiger partial charge in [0, 0.05) is 35.5 Å². The first-order valence-corrected chi connectivity index (χ1v) is 11.6. The number of rotatable bonds is 5. The molecule has 35 heavy (non-hydrogen) atoms. The fraction of sp³-hybridized carbons (Fsp3) is 0.364. The highest BCUT2D eigenvalue weighted by atomic mass is 35.5. The van der Waals surface area contributed by atoms with E-state index in [2.05, 4.69) is 10.6 Å². The SMILES string of the molecule is O=C(NC1CC(F)(F)C1)c1cc(NC(=O)[C@H]2[C@H](c3cc(Cl)cc(C(F)(F)F)c3)C2(Cl)Cl)ccc1Cl. The van der Waals surface area contributed by atoms with E-state index in [1.807, 2.05) is 0 Å². The van der Waals surface area contributed by atoms with Crippen molar-refractivity contribution in [1.29, 1.82) is 0 Å². The molecule has 0 unspecified atom stereocenters. The molecule has 0 aliphatic heterocycles. The molecule has 0 bridgehead atoms. The molecule has 4 nitrogen and oxygen atoms in total. The van der Waals surface area contributed by atoms with Crippen molar-refractivity contribution in [3.63, 3.8) is 0 Å². The van der Waals surface area contributed by atoms with Gasteiger partial charge in [0.1, 0.15) is 4.33 Å². The summed E-state index contributed by atoms with van der Waals surface area (Å²) in [6.45, 7) is 0. The van der Waals surface area contributed by atoms with Crippen LogP contribution in [0.5, 0.6) is 0 Å². The first-order chi connectivity index (χ1) is 16.1. The fourth-order valence-corrected chi connectivity index (χ4v) is 5.32. The lowest BCUT2D eigenvalue weighted by molar-refractivity contribution is -0.137. The summed E-state index contributed by atoms with van der Waals surface area (Å²) in [5, 5.41) is 4.79. The molecule has 0 saturated heterocycles. The number of amides is 2. The minimum atomic E-state index is -4.66. The molecule has 2 atom stereocenters. The van der Waals surface area contributed by atoms with Gasteiger partial charge in [-0.2, -0.15) is 13.2 Å². The Morgan fingerprint density at radius 3 is 2.26 bits per heavy atom. The molecule has 2 fully saturated rings. The van der Waals surface area contributed by atoms with Gasteiger partial charge in [-0.1, -0.05) is 23.2 Å². The molecule has 2 aromatic carbocycles. The van der Waals surface area contributed by atoms with Crippen LogP contribution in [0.25, 0.3) is 0 Å². The zero-order valence-corrected chi connectivity index (χ0v) is 20.4. The zero-order chi connectivity index (χ0) is 25.9. The van der Waals surface area contributed by atoms with Gasteiger partial charge in [-0.25, -0.2) is 8.78 Å². The minimum absolute atomic E-state index is 0.0264. The Kier molecular flexibility index (Phi) is 6.71. The van der Waals surface area contributed by atoms with Crippen LogP contribution in [0.4, 0.5) is 27.6 Å². The van der Waals surface area contributed by atoms with Crippen LogP contribution in [-0.2, 0) is 11.0 Å². The molecule has 188 valence electrons. The van der Waals surface area contributed by atoms with Gasteiger partial charge in [0.25, 0.3) is 11.8 Å². The number of carbonyl (C=O) groups is 2. The first-order valence-electron chi connectivity index (χ1n) is 10.1. The van der Waals surface area contributed by atoms with E-state index in [0.29, 0.717) is 0 Å². The summed E-state index contributed by atoms with van der Waals surface area (Å²) in [4.78, 5) is 25.3. The van der Waals surface area contributed by atoms with Crippen LogP contribution in [0, 0.1) is 5.92 Å². The van der Waals surface area contributed by atoms with E-state index in [9.17, 15) is 31.5 Å². The van der Waals surface area contributed by atoms with E-state index < -0.39 is 64.5 Å². The maximum atomic E-state index is 13.2. The molecule has 2 amide bonds. The Bertz CT molecular complexity index is 1200. The van der Waals surface area contributed by atoms with E-state index in [1.54, 1.807) is 0 Å². The van der Waals surface area contributed by atoms with Gasteiger partial charge in [-0.3, -0.25) is 9.59 Å². The van der Waals surface area contributed by atoms with Crippen molar-refractivity contribution < 1.29 is 31.5 Å². The van der Waals surface area contributed by atoms with Crippen molar-refractivity contribution in [3.8, 4) is 0 Å². The predicted molar refractivity (Wildman–Crippen MR) is 123 cm³/mol. The fourth-order valence-electron chi connectivity index (χ4n) is 4.05. The highest BCUT2D eigenvalue weighted by molar-refractivity contribution is 6.53.